The third-order valence-electron chi connectivity index (χ3n) is 7.75. The second-order valence-corrected chi connectivity index (χ2v) is 14.4. The molecule has 0 aliphatic rings. The summed E-state index contributed by atoms with van der Waals surface area (Å²) in [6, 6.07) is 0. The van der Waals surface area contributed by atoms with E-state index in [1.54, 1.807) is 12.2 Å². The Hall–Kier alpha value is -3.37. The SMILES string of the molecule is CC/C=C\C/C=C\C/C=C\C/C=C\C=C\C(O)CCCC(=O)OC[C@H](COP(=O)(O)OCCN)OC(=O)CCC/C=C\C/C=C\C/C=C\C/C=C\CCCCC. The van der Waals surface area contributed by atoms with Gasteiger partial charge in [0.15, 0.2) is 6.10 Å². The van der Waals surface area contributed by atoms with Crippen molar-refractivity contribution in [2.75, 3.05) is 26.4 Å². The molecule has 0 saturated heterocycles. The molecule has 0 heterocycles. The van der Waals surface area contributed by atoms with Gasteiger partial charge in [0.1, 0.15) is 6.61 Å². The van der Waals surface area contributed by atoms with Crippen LogP contribution in [0.1, 0.15) is 123 Å². The average Bonchev–Trinajstić information content (AvgIpc) is 3.18. The largest absolute Gasteiger partial charge is 0.472 e. The third-order valence-corrected chi connectivity index (χ3v) is 8.73. The molecule has 3 atom stereocenters. The molecule has 0 saturated carbocycles. The Kier molecular flexibility index (Phi) is 37.5. The number of hydrogen-bond acceptors (Lipinski definition) is 9. The predicted molar refractivity (Wildman–Crippen MR) is 230 cm³/mol. The molecule has 0 spiro atoms. The van der Waals surface area contributed by atoms with Gasteiger partial charge in [0, 0.05) is 19.4 Å². The molecule has 0 fully saturated rings. The molecule has 0 aromatic carbocycles. The highest BCUT2D eigenvalue weighted by atomic mass is 31.2. The number of rotatable bonds is 36. The van der Waals surface area contributed by atoms with Crippen molar-refractivity contribution in [3.63, 3.8) is 0 Å². The van der Waals surface area contributed by atoms with E-state index in [0.29, 0.717) is 25.7 Å². The molecule has 0 aromatic rings. The Bertz CT molecular complexity index is 1300. The van der Waals surface area contributed by atoms with E-state index in [9.17, 15) is 24.2 Å². The Labute approximate surface area is 338 Å². The first-order chi connectivity index (χ1) is 27.2. The van der Waals surface area contributed by atoms with E-state index >= 15 is 0 Å². The first-order valence-electron chi connectivity index (χ1n) is 20.5. The topological polar surface area (TPSA) is 155 Å². The van der Waals surface area contributed by atoms with Gasteiger partial charge in [0.2, 0.25) is 0 Å². The van der Waals surface area contributed by atoms with Gasteiger partial charge in [-0.05, 0) is 83.5 Å². The maximum Gasteiger partial charge on any atom is 0.472 e. The van der Waals surface area contributed by atoms with Crippen LogP contribution in [-0.4, -0.2) is 60.5 Å². The van der Waals surface area contributed by atoms with Crippen LogP contribution in [0.3, 0.4) is 0 Å². The number of unbranched alkanes of at least 4 members (excludes halogenated alkanes) is 4. The highest BCUT2D eigenvalue weighted by Crippen LogP contribution is 2.43. The van der Waals surface area contributed by atoms with Gasteiger partial charge in [-0.2, -0.15) is 0 Å². The zero-order valence-electron chi connectivity index (χ0n) is 34.2. The van der Waals surface area contributed by atoms with Crippen LogP contribution in [0, 0.1) is 0 Å². The van der Waals surface area contributed by atoms with Gasteiger partial charge in [-0.15, -0.1) is 0 Å². The molecule has 11 heteroatoms. The van der Waals surface area contributed by atoms with Crippen molar-refractivity contribution in [2.45, 2.75) is 135 Å². The Balaban J connectivity index is 4.51. The molecule has 10 nitrogen and oxygen atoms in total. The lowest BCUT2D eigenvalue weighted by Crippen LogP contribution is -2.29. The maximum atomic E-state index is 12.5. The average molecular weight is 802 g/mol. The summed E-state index contributed by atoms with van der Waals surface area (Å²) in [5, 5.41) is 10.2. The molecule has 0 radical (unpaired) electrons. The minimum absolute atomic E-state index is 0.0122. The Morgan fingerprint density at radius 1 is 0.643 bits per heavy atom. The molecular formula is C45H72NO9P. The van der Waals surface area contributed by atoms with Gasteiger partial charge in [0.25, 0.3) is 0 Å². The van der Waals surface area contributed by atoms with Gasteiger partial charge >= 0.3 is 19.8 Å². The van der Waals surface area contributed by atoms with E-state index in [1.165, 1.54) is 19.3 Å². The lowest BCUT2D eigenvalue weighted by Gasteiger charge is -2.19. The number of phosphoric ester groups is 1. The molecule has 0 bridgehead atoms. The van der Waals surface area contributed by atoms with Crippen LogP contribution in [0.15, 0.2) is 109 Å². The van der Waals surface area contributed by atoms with Gasteiger partial charge in [-0.25, -0.2) is 4.57 Å². The van der Waals surface area contributed by atoms with Gasteiger partial charge in [0.05, 0.1) is 19.3 Å². The zero-order chi connectivity index (χ0) is 41.2. The van der Waals surface area contributed by atoms with Gasteiger partial charge in [-0.3, -0.25) is 18.6 Å². The number of hydrogen-bond donors (Lipinski definition) is 3. The molecule has 0 amide bonds. The summed E-state index contributed by atoms with van der Waals surface area (Å²) in [6.07, 6.45) is 48.7. The number of aliphatic hydroxyl groups excluding tert-OH is 1. The Morgan fingerprint density at radius 2 is 1.18 bits per heavy atom. The molecule has 2 unspecified atom stereocenters. The summed E-state index contributed by atoms with van der Waals surface area (Å²) in [5.74, 6) is -1.11. The molecule has 56 heavy (non-hydrogen) atoms. The monoisotopic (exact) mass is 801 g/mol. The fourth-order valence-electron chi connectivity index (χ4n) is 4.71. The summed E-state index contributed by atoms with van der Waals surface area (Å²) in [4.78, 5) is 34.8. The summed E-state index contributed by atoms with van der Waals surface area (Å²) in [6.45, 7) is 3.26. The normalized spacial score (nSPS) is 15.0. The number of phosphoric acid groups is 1. The van der Waals surface area contributed by atoms with Gasteiger partial charge < -0.3 is 25.2 Å². The summed E-state index contributed by atoms with van der Waals surface area (Å²) < 4.78 is 32.5. The van der Waals surface area contributed by atoms with E-state index in [0.717, 1.165) is 51.4 Å². The number of ether oxygens (including phenoxy) is 2. The second-order valence-electron chi connectivity index (χ2n) is 13.0. The third kappa shape index (κ3) is 38.9. The standard InChI is InChI=1S/C45H72NO9P/c1-3-5-7-9-11-13-15-17-18-19-20-22-24-26-28-30-32-36-45(49)55-43(41-54-56(50,51)53-39-38-46)40-52-44(48)37-33-35-42(47)34-31-29-27-25-23-21-16-14-12-10-8-6-4-2/h6,8,11-14,17-18,20-23,26-29,31,34,42-43,47H,3-5,7,9-10,15-16,19,24-25,30,32-33,35-41,46H2,1-2H3,(H,50,51)/b8-6-,13-11-,14-12-,18-17-,22-20-,23-21-,28-26-,29-27-,34-31+/t42?,43-/m1/s1. The van der Waals surface area contributed by atoms with E-state index in [-0.39, 0.29) is 32.6 Å². The number of aliphatic hydroxyl groups is 1. The smallest absolute Gasteiger partial charge is 0.462 e. The fraction of sp³-hybridized carbons (Fsp3) is 0.556. The molecule has 316 valence electrons. The van der Waals surface area contributed by atoms with Crippen LogP contribution in [-0.2, 0) is 32.7 Å². The van der Waals surface area contributed by atoms with Crippen molar-refractivity contribution < 1.29 is 42.7 Å². The molecule has 0 aliphatic heterocycles. The number of nitrogens with two attached hydrogens (primary N) is 1. The number of carbonyl (C=O) groups excluding carboxylic acids is 2. The quantitative estimate of drug-likeness (QED) is 0.0183. The molecule has 0 aliphatic carbocycles. The van der Waals surface area contributed by atoms with E-state index < -0.39 is 38.6 Å². The van der Waals surface area contributed by atoms with E-state index in [1.807, 2.05) is 24.3 Å². The maximum absolute atomic E-state index is 12.5. The van der Waals surface area contributed by atoms with Crippen molar-refractivity contribution in [1.29, 1.82) is 0 Å². The van der Waals surface area contributed by atoms with Crippen LogP contribution < -0.4 is 5.73 Å². The van der Waals surface area contributed by atoms with Crippen molar-refractivity contribution in [3.05, 3.63) is 109 Å². The first kappa shape index (κ1) is 52.6. The lowest BCUT2D eigenvalue weighted by atomic mass is 10.1. The first-order valence-corrected chi connectivity index (χ1v) is 22.0. The highest BCUT2D eigenvalue weighted by molar-refractivity contribution is 7.47. The van der Waals surface area contributed by atoms with E-state index in [4.69, 9.17) is 24.3 Å². The van der Waals surface area contributed by atoms with Crippen LogP contribution in [0.5, 0.6) is 0 Å². The van der Waals surface area contributed by atoms with Crippen molar-refractivity contribution in [1.82, 2.24) is 0 Å². The number of esters is 2. The minimum atomic E-state index is -4.44. The summed E-state index contributed by atoms with van der Waals surface area (Å²) in [7, 11) is -4.44. The van der Waals surface area contributed by atoms with Gasteiger partial charge in [-0.1, -0.05) is 136 Å². The number of carbonyl (C=O) groups is 2. The van der Waals surface area contributed by atoms with E-state index in [2.05, 4.69) is 86.8 Å². The van der Waals surface area contributed by atoms with Crippen LogP contribution >= 0.6 is 7.82 Å². The summed E-state index contributed by atoms with van der Waals surface area (Å²) >= 11 is 0. The zero-order valence-corrected chi connectivity index (χ0v) is 35.1. The minimum Gasteiger partial charge on any atom is -0.462 e. The van der Waals surface area contributed by atoms with Crippen molar-refractivity contribution in [2.24, 2.45) is 5.73 Å². The Morgan fingerprint density at radius 3 is 1.75 bits per heavy atom. The second kappa shape index (κ2) is 39.8. The molecule has 0 rings (SSSR count). The predicted octanol–water partition coefficient (Wildman–Crippen LogP) is 10.6. The van der Waals surface area contributed by atoms with Crippen LogP contribution in [0.4, 0.5) is 0 Å². The fourth-order valence-corrected chi connectivity index (χ4v) is 5.48. The highest BCUT2D eigenvalue weighted by Gasteiger charge is 2.26. The van der Waals surface area contributed by atoms with Crippen molar-refractivity contribution in [3.8, 4) is 0 Å². The lowest BCUT2D eigenvalue weighted by molar-refractivity contribution is -0.161. The van der Waals surface area contributed by atoms with Crippen LogP contribution in [0.25, 0.3) is 0 Å². The van der Waals surface area contributed by atoms with Crippen LogP contribution in [0.2, 0.25) is 0 Å². The number of allylic oxidation sites excluding steroid dienone is 17. The molecular weight excluding hydrogens is 729 g/mol. The summed E-state index contributed by atoms with van der Waals surface area (Å²) in [5.41, 5.74) is 5.32. The molecule has 4 N–H and O–H groups in total. The van der Waals surface area contributed by atoms with Crippen molar-refractivity contribution >= 4 is 19.8 Å². The molecule has 0 aromatic heterocycles.